The van der Waals surface area contributed by atoms with Gasteiger partial charge < -0.3 is 15.6 Å². The number of hydrogen-bond acceptors (Lipinski definition) is 3. The van der Waals surface area contributed by atoms with Crippen LogP contribution in [0.15, 0.2) is 24.3 Å². The fourth-order valence-corrected chi connectivity index (χ4v) is 2.03. The van der Waals surface area contributed by atoms with Gasteiger partial charge in [-0.25, -0.2) is 4.98 Å². The molecule has 1 heterocycles. The van der Waals surface area contributed by atoms with Gasteiger partial charge >= 0.3 is 0 Å². The summed E-state index contributed by atoms with van der Waals surface area (Å²) in [5.41, 5.74) is 7.22. The van der Waals surface area contributed by atoms with E-state index < -0.39 is 0 Å². The molecule has 0 aliphatic heterocycles. The second-order valence-electron chi connectivity index (χ2n) is 4.24. The number of nitrogens with one attached hydrogen (secondary N) is 1. The first-order valence-corrected chi connectivity index (χ1v) is 6.15. The maximum Gasteiger partial charge on any atom is 0.231 e. The largest absolute Gasteiger partial charge is 0.369 e. The molecule has 1 aromatic heterocycles. The van der Waals surface area contributed by atoms with Crippen LogP contribution in [-0.4, -0.2) is 22.0 Å². The summed E-state index contributed by atoms with van der Waals surface area (Å²) in [7, 11) is 0. The fourth-order valence-electron chi connectivity index (χ4n) is 2.03. The number of carbonyl (C=O) groups is 1. The SMILES string of the molecule is CCCn1c(CNCC(N)=O)nc2ccccc21. The predicted octanol–water partition coefficient (Wildman–Crippen LogP) is 1.02. The van der Waals surface area contributed by atoms with Crippen LogP contribution in [-0.2, 0) is 17.9 Å². The molecule has 5 heteroatoms. The summed E-state index contributed by atoms with van der Waals surface area (Å²) in [6.07, 6.45) is 1.04. The molecule has 0 saturated heterocycles. The lowest BCUT2D eigenvalue weighted by atomic mass is 10.3. The molecule has 96 valence electrons. The molecule has 0 bridgehead atoms. The van der Waals surface area contributed by atoms with Gasteiger partial charge in [0, 0.05) is 6.54 Å². The molecule has 0 fully saturated rings. The van der Waals surface area contributed by atoms with Crippen LogP contribution in [0, 0.1) is 0 Å². The first-order chi connectivity index (χ1) is 8.72. The Labute approximate surface area is 106 Å². The van der Waals surface area contributed by atoms with Crippen LogP contribution in [0.3, 0.4) is 0 Å². The van der Waals surface area contributed by atoms with Crippen molar-refractivity contribution in [1.82, 2.24) is 14.9 Å². The van der Waals surface area contributed by atoms with Crippen molar-refractivity contribution in [2.45, 2.75) is 26.4 Å². The van der Waals surface area contributed by atoms with Crippen molar-refractivity contribution in [3.63, 3.8) is 0 Å². The van der Waals surface area contributed by atoms with Crippen molar-refractivity contribution in [3.05, 3.63) is 30.1 Å². The molecule has 0 saturated carbocycles. The van der Waals surface area contributed by atoms with E-state index in [0.29, 0.717) is 6.54 Å². The first-order valence-electron chi connectivity index (χ1n) is 6.15. The van der Waals surface area contributed by atoms with Gasteiger partial charge in [0.2, 0.25) is 5.91 Å². The Morgan fingerprint density at radius 3 is 2.94 bits per heavy atom. The van der Waals surface area contributed by atoms with Crippen molar-refractivity contribution < 1.29 is 4.79 Å². The number of nitrogens with zero attached hydrogens (tertiary/aromatic N) is 2. The quantitative estimate of drug-likeness (QED) is 0.799. The number of rotatable bonds is 6. The van der Waals surface area contributed by atoms with Crippen LogP contribution in [0.5, 0.6) is 0 Å². The minimum Gasteiger partial charge on any atom is -0.369 e. The van der Waals surface area contributed by atoms with Gasteiger partial charge in [0.1, 0.15) is 5.82 Å². The van der Waals surface area contributed by atoms with E-state index in [2.05, 4.69) is 27.9 Å². The van der Waals surface area contributed by atoms with Crippen LogP contribution in [0.2, 0.25) is 0 Å². The third-order valence-electron chi connectivity index (χ3n) is 2.76. The molecule has 2 rings (SSSR count). The third kappa shape index (κ3) is 2.68. The summed E-state index contributed by atoms with van der Waals surface area (Å²) in [6, 6.07) is 8.05. The summed E-state index contributed by atoms with van der Waals surface area (Å²) in [5.74, 6) is 0.590. The average molecular weight is 246 g/mol. The normalized spacial score (nSPS) is 10.9. The van der Waals surface area contributed by atoms with Crippen LogP contribution < -0.4 is 11.1 Å². The summed E-state index contributed by atoms with van der Waals surface area (Å²) in [4.78, 5) is 15.3. The molecule has 0 aliphatic carbocycles. The van der Waals surface area contributed by atoms with Gasteiger partial charge in [-0.05, 0) is 18.6 Å². The van der Waals surface area contributed by atoms with E-state index in [4.69, 9.17) is 5.73 Å². The molecule has 2 aromatic rings. The van der Waals surface area contributed by atoms with E-state index in [1.54, 1.807) is 0 Å². The first kappa shape index (κ1) is 12.6. The molecule has 18 heavy (non-hydrogen) atoms. The molecule has 0 aliphatic rings. The summed E-state index contributed by atoms with van der Waals surface area (Å²) < 4.78 is 2.18. The summed E-state index contributed by atoms with van der Waals surface area (Å²) in [5, 5.41) is 3.00. The smallest absolute Gasteiger partial charge is 0.231 e. The number of aromatic nitrogens is 2. The van der Waals surface area contributed by atoms with Crippen LogP contribution >= 0.6 is 0 Å². The van der Waals surface area contributed by atoms with Gasteiger partial charge in [0.15, 0.2) is 0 Å². The van der Waals surface area contributed by atoms with Gasteiger partial charge in [0.05, 0.1) is 24.1 Å². The van der Waals surface area contributed by atoms with E-state index in [1.807, 2.05) is 18.2 Å². The van der Waals surface area contributed by atoms with E-state index in [0.717, 1.165) is 29.8 Å². The Hall–Kier alpha value is -1.88. The number of primary amides is 1. The van der Waals surface area contributed by atoms with Crippen LogP contribution in [0.25, 0.3) is 11.0 Å². The molecule has 1 aromatic carbocycles. The second-order valence-corrected chi connectivity index (χ2v) is 4.24. The van der Waals surface area contributed by atoms with Crippen molar-refractivity contribution in [2.24, 2.45) is 5.73 Å². The van der Waals surface area contributed by atoms with Crippen LogP contribution in [0.4, 0.5) is 0 Å². The molecular weight excluding hydrogens is 228 g/mol. The van der Waals surface area contributed by atoms with Gasteiger partial charge in [-0.1, -0.05) is 19.1 Å². The Morgan fingerprint density at radius 2 is 2.22 bits per heavy atom. The molecule has 5 nitrogen and oxygen atoms in total. The van der Waals surface area contributed by atoms with E-state index in [-0.39, 0.29) is 12.5 Å². The standard InChI is InChI=1S/C13H18N4O/c1-2-7-17-11-6-4-3-5-10(11)16-13(17)9-15-8-12(14)18/h3-6,15H,2,7-9H2,1H3,(H2,14,18). The molecule has 0 radical (unpaired) electrons. The lowest BCUT2D eigenvalue weighted by Gasteiger charge is -2.07. The molecular formula is C13H18N4O. The number of imidazole rings is 1. The van der Waals surface area contributed by atoms with Crippen molar-refractivity contribution in [1.29, 1.82) is 0 Å². The number of para-hydroxylation sites is 2. The monoisotopic (exact) mass is 246 g/mol. The molecule has 0 unspecified atom stereocenters. The minimum atomic E-state index is -0.354. The Bertz CT molecular complexity index is 547. The Morgan fingerprint density at radius 1 is 1.44 bits per heavy atom. The average Bonchev–Trinajstić information content (AvgIpc) is 2.68. The van der Waals surface area contributed by atoms with Gasteiger partial charge in [0.25, 0.3) is 0 Å². The highest BCUT2D eigenvalue weighted by Crippen LogP contribution is 2.16. The van der Waals surface area contributed by atoms with Gasteiger partial charge in [-0.3, -0.25) is 4.79 Å². The predicted molar refractivity (Wildman–Crippen MR) is 70.9 cm³/mol. The molecule has 0 atom stereocenters. The maximum absolute atomic E-state index is 10.7. The van der Waals surface area contributed by atoms with E-state index >= 15 is 0 Å². The zero-order valence-electron chi connectivity index (χ0n) is 10.5. The molecule has 3 N–H and O–H groups in total. The number of amides is 1. The van der Waals surface area contributed by atoms with Crippen molar-refractivity contribution in [2.75, 3.05) is 6.54 Å². The third-order valence-corrected chi connectivity index (χ3v) is 2.76. The fraction of sp³-hybridized carbons (Fsp3) is 0.385. The number of aryl methyl sites for hydroxylation is 1. The number of carbonyl (C=O) groups excluding carboxylic acids is 1. The second kappa shape index (κ2) is 5.64. The highest BCUT2D eigenvalue weighted by molar-refractivity contribution is 5.76. The Kier molecular flexibility index (Phi) is 3.94. The topological polar surface area (TPSA) is 72.9 Å². The zero-order chi connectivity index (χ0) is 13.0. The lowest BCUT2D eigenvalue weighted by molar-refractivity contribution is -0.117. The van der Waals surface area contributed by atoms with Crippen molar-refractivity contribution >= 4 is 16.9 Å². The van der Waals surface area contributed by atoms with E-state index in [9.17, 15) is 4.79 Å². The number of fused-ring (bicyclic) bond motifs is 1. The minimum absolute atomic E-state index is 0.176. The number of benzene rings is 1. The highest BCUT2D eigenvalue weighted by atomic mass is 16.1. The number of nitrogens with two attached hydrogens (primary N) is 1. The lowest BCUT2D eigenvalue weighted by Crippen LogP contribution is -2.29. The summed E-state index contributed by atoms with van der Waals surface area (Å²) in [6.45, 7) is 3.79. The van der Waals surface area contributed by atoms with Gasteiger partial charge in [-0.2, -0.15) is 0 Å². The summed E-state index contributed by atoms with van der Waals surface area (Å²) >= 11 is 0. The highest BCUT2D eigenvalue weighted by Gasteiger charge is 2.09. The van der Waals surface area contributed by atoms with E-state index in [1.165, 1.54) is 0 Å². The number of hydrogen-bond donors (Lipinski definition) is 2. The molecule has 1 amide bonds. The maximum atomic E-state index is 10.7. The van der Waals surface area contributed by atoms with Gasteiger partial charge in [-0.15, -0.1) is 0 Å². The zero-order valence-corrected chi connectivity index (χ0v) is 10.5. The Balaban J connectivity index is 2.24. The molecule has 0 spiro atoms. The van der Waals surface area contributed by atoms with Crippen molar-refractivity contribution in [3.8, 4) is 0 Å². The van der Waals surface area contributed by atoms with Crippen LogP contribution in [0.1, 0.15) is 19.2 Å².